The lowest BCUT2D eigenvalue weighted by Crippen LogP contribution is -2.46. The average molecular weight is 518 g/mol. The summed E-state index contributed by atoms with van der Waals surface area (Å²) in [7, 11) is 3.25. The van der Waals surface area contributed by atoms with Crippen LogP contribution in [0.4, 0.5) is 10.6 Å². The number of fused-ring (bicyclic) bond motifs is 3. The maximum Gasteiger partial charge on any atom is 0.315 e. The first-order valence-corrected chi connectivity index (χ1v) is 12.5. The first kappa shape index (κ1) is 28.2. The highest BCUT2D eigenvalue weighted by Gasteiger charge is 2.17. The molecule has 3 rings (SSSR count). The van der Waals surface area contributed by atoms with Crippen LogP contribution in [0.3, 0.4) is 0 Å². The minimum absolute atomic E-state index is 0.161. The number of carbonyl (C=O) groups is 1. The van der Waals surface area contributed by atoms with Gasteiger partial charge >= 0.3 is 6.03 Å². The molecule has 0 spiro atoms. The monoisotopic (exact) mass is 517 g/mol. The van der Waals surface area contributed by atoms with Gasteiger partial charge in [0.05, 0.1) is 24.2 Å². The van der Waals surface area contributed by atoms with Crippen molar-refractivity contribution >= 4 is 28.5 Å². The van der Waals surface area contributed by atoms with E-state index < -0.39 is 0 Å². The minimum atomic E-state index is -0.263. The number of rotatable bonds is 14. The van der Waals surface area contributed by atoms with Crippen molar-refractivity contribution in [3.05, 3.63) is 18.0 Å². The molecule has 0 bridgehead atoms. The molecule has 204 valence electrons. The molecular weight excluding hydrogens is 478 g/mol. The molecule has 0 atom stereocenters. The molecule has 0 aliphatic rings. The third-order valence-electron chi connectivity index (χ3n) is 5.31. The Morgan fingerprint density at radius 1 is 0.946 bits per heavy atom. The first-order chi connectivity index (χ1) is 17.7. The molecule has 37 heavy (non-hydrogen) atoms. The number of aryl methyl sites for hydroxylation is 1. The Balaban J connectivity index is 1.75. The maximum absolute atomic E-state index is 11.9. The second-order valence-corrected chi connectivity index (χ2v) is 9.60. The Labute approximate surface area is 217 Å². The van der Waals surface area contributed by atoms with Gasteiger partial charge in [0, 0.05) is 45.0 Å². The highest BCUT2D eigenvalue weighted by Crippen LogP contribution is 2.34. The quantitative estimate of drug-likeness (QED) is 0.276. The van der Waals surface area contributed by atoms with Crippen molar-refractivity contribution in [3.63, 3.8) is 0 Å². The van der Waals surface area contributed by atoms with Crippen LogP contribution in [-0.4, -0.2) is 84.9 Å². The van der Waals surface area contributed by atoms with Crippen LogP contribution < -0.4 is 25.4 Å². The summed E-state index contributed by atoms with van der Waals surface area (Å²) in [5.41, 5.74) is 1.89. The van der Waals surface area contributed by atoms with E-state index in [1.807, 2.05) is 44.2 Å². The Morgan fingerprint density at radius 3 is 2.24 bits per heavy atom. The summed E-state index contributed by atoms with van der Waals surface area (Å²) in [6.45, 7) is 10.7. The van der Waals surface area contributed by atoms with Crippen LogP contribution in [0.15, 0.2) is 12.1 Å². The van der Waals surface area contributed by atoms with Crippen molar-refractivity contribution in [2.75, 3.05) is 59.1 Å². The van der Waals surface area contributed by atoms with E-state index in [1.54, 1.807) is 14.2 Å². The molecule has 0 aliphatic carbocycles. The predicted molar refractivity (Wildman–Crippen MR) is 142 cm³/mol. The number of methoxy groups -OCH3 is 2. The third-order valence-corrected chi connectivity index (χ3v) is 5.31. The molecule has 0 saturated heterocycles. The molecule has 0 fully saturated rings. The fourth-order valence-corrected chi connectivity index (χ4v) is 3.64. The van der Waals surface area contributed by atoms with Crippen molar-refractivity contribution in [1.29, 1.82) is 0 Å². The summed E-state index contributed by atoms with van der Waals surface area (Å²) in [4.78, 5) is 16.7. The van der Waals surface area contributed by atoms with E-state index in [0.717, 1.165) is 24.2 Å². The normalized spacial score (nSPS) is 11.6. The number of ether oxygens (including phenoxy) is 4. The topological polar surface area (TPSA) is 133 Å². The maximum atomic E-state index is 11.9. The Kier molecular flexibility index (Phi) is 10.1. The van der Waals surface area contributed by atoms with Crippen LogP contribution in [0.5, 0.6) is 11.5 Å². The summed E-state index contributed by atoms with van der Waals surface area (Å²) in [6, 6.07) is 3.59. The Morgan fingerprint density at radius 2 is 1.59 bits per heavy atom. The number of carbonyl (C=O) groups excluding carboxylic acids is 1. The third kappa shape index (κ3) is 8.05. The van der Waals surface area contributed by atoms with E-state index in [4.69, 9.17) is 23.9 Å². The van der Waals surface area contributed by atoms with Crippen molar-refractivity contribution < 1.29 is 23.7 Å². The number of nitrogens with one attached hydrogen (secondary N) is 3. The number of urea groups is 1. The van der Waals surface area contributed by atoms with Crippen molar-refractivity contribution in [2.45, 2.75) is 46.1 Å². The van der Waals surface area contributed by atoms with Gasteiger partial charge in [-0.25, -0.2) is 9.78 Å². The molecule has 2 heterocycles. The van der Waals surface area contributed by atoms with Crippen molar-refractivity contribution in [1.82, 2.24) is 30.2 Å². The predicted octanol–water partition coefficient (Wildman–Crippen LogP) is 2.93. The van der Waals surface area contributed by atoms with Gasteiger partial charge in [-0.05, 0) is 40.5 Å². The fraction of sp³-hybridized carbons (Fsp3) is 0.600. The van der Waals surface area contributed by atoms with Crippen LogP contribution in [0.25, 0.3) is 16.7 Å². The molecule has 0 aliphatic heterocycles. The summed E-state index contributed by atoms with van der Waals surface area (Å²) in [5.74, 6) is 2.52. The van der Waals surface area contributed by atoms with Crippen LogP contribution in [0.1, 0.15) is 39.4 Å². The average Bonchev–Trinajstić information content (AvgIpc) is 3.22. The van der Waals surface area contributed by atoms with Crippen LogP contribution in [0.2, 0.25) is 0 Å². The van der Waals surface area contributed by atoms with Gasteiger partial charge in [0.1, 0.15) is 19.0 Å². The molecule has 3 aromatic rings. The Hall–Kier alpha value is -3.38. The van der Waals surface area contributed by atoms with Crippen molar-refractivity contribution in [2.24, 2.45) is 0 Å². The zero-order valence-corrected chi connectivity index (χ0v) is 22.6. The number of hydrogen-bond acceptors (Lipinski definition) is 9. The standard InChI is InChI=1S/C25H39N7O5/c1-17-30-31-23-22(26-9-7-8-10-27-24(33)29-25(2,3)4)28-18-15-20(36-13-11-34-5)21(37-14-12-35-6)16-19(18)32(17)23/h15-16H,7-14H2,1-6H3,(H,26,28)(H2,27,29,33). The number of aromatic nitrogens is 4. The molecule has 0 saturated carbocycles. The lowest BCUT2D eigenvalue weighted by atomic mass is 10.1. The van der Waals surface area contributed by atoms with E-state index in [0.29, 0.717) is 68.0 Å². The van der Waals surface area contributed by atoms with Gasteiger partial charge < -0.3 is 34.9 Å². The zero-order chi connectivity index (χ0) is 26.8. The van der Waals surface area contributed by atoms with E-state index in [2.05, 4.69) is 26.1 Å². The van der Waals surface area contributed by atoms with Gasteiger partial charge in [-0.15, -0.1) is 10.2 Å². The number of nitrogens with zero attached hydrogens (tertiary/aromatic N) is 4. The van der Waals surface area contributed by atoms with Gasteiger partial charge in [-0.2, -0.15) is 0 Å². The molecule has 2 amide bonds. The van der Waals surface area contributed by atoms with Crippen molar-refractivity contribution in [3.8, 4) is 11.5 Å². The Bertz CT molecular complexity index is 1180. The summed E-state index contributed by atoms with van der Waals surface area (Å²) in [5, 5.41) is 17.8. The SMILES string of the molecule is COCCOc1cc2nc(NCCCCNC(=O)NC(C)(C)C)c3nnc(C)n3c2cc1OCCOC. The van der Waals surface area contributed by atoms with E-state index in [-0.39, 0.29) is 11.6 Å². The molecule has 3 N–H and O–H groups in total. The first-order valence-electron chi connectivity index (χ1n) is 12.5. The second-order valence-electron chi connectivity index (χ2n) is 9.60. The molecule has 12 heteroatoms. The lowest BCUT2D eigenvalue weighted by molar-refractivity contribution is 0.132. The number of amides is 2. The molecule has 0 radical (unpaired) electrons. The lowest BCUT2D eigenvalue weighted by Gasteiger charge is -2.20. The number of unbranched alkanes of at least 4 members (excludes halogenated alkanes) is 1. The molecule has 0 unspecified atom stereocenters. The van der Waals surface area contributed by atoms with Crippen LogP contribution in [-0.2, 0) is 9.47 Å². The molecule has 2 aromatic heterocycles. The van der Waals surface area contributed by atoms with Gasteiger partial charge in [-0.3, -0.25) is 4.40 Å². The fourth-order valence-electron chi connectivity index (χ4n) is 3.64. The summed E-state index contributed by atoms with van der Waals surface area (Å²) in [6.07, 6.45) is 1.66. The summed E-state index contributed by atoms with van der Waals surface area (Å²) >= 11 is 0. The minimum Gasteiger partial charge on any atom is -0.487 e. The van der Waals surface area contributed by atoms with E-state index in [9.17, 15) is 4.79 Å². The van der Waals surface area contributed by atoms with Crippen LogP contribution >= 0.6 is 0 Å². The highest BCUT2D eigenvalue weighted by molar-refractivity contribution is 5.86. The van der Waals surface area contributed by atoms with E-state index in [1.165, 1.54) is 0 Å². The van der Waals surface area contributed by atoms with Crippen LogP contribution in [0, 0.1) is 6.92 Å². The zero-order valence-electron chi connectivity index (χ0n) is 22.6. The largest absolute Gasteiger partial charge is 0.487 e. The van der Waals surface area contributed by atoms with Gasteiger partial charge in [-0.1, -0.05) is 0 Å². The number of anilines is 1. The highest BCUT2D eigenvalue weighted by atomic mass is 16.5. The number of benzene rings is 1. The molecule has 12 nitrogen and oxygen atoms in total. The number of hydrogen-bond donors (Lipinski definition) is 3. The van der Waals surface area contributed by atoms with Gasteiger partial charge in [0.15, 0.2) is 17.3 Å². The van der Waals surface area contributed by atoms with Gasteiger partial charge in [0.2, 0.25) is 5.65 Å². The smallest absolute Gasteiger partial charge is 0.315 e. The van der Waals surface area contributed by atoms with E-state index >= 15 is 0 Å². The van der Waals surface area contributed by atoms with Gasteiger partial charge in [0.25, 0.3) is 0 Å². The summed E-state index contributed by atoms with van der Waals surface area (Å²) < 4.78 is 24.0. The molecular formula is C25H39N7O5. The molecule has 1 aromatic carbocycles. The second kappa shape index (κ2) is 13.2.